The number of rotatable bonds is 7. The van der Waals surface area contributed by atoms with Crippen molar-refractivity contribution >= 4 is 0 Å². The quantitative estimate of drug-likeness (QED) is 0.730. The van der Waals surface area contributed by atoms with Crippen LogP contribution >= 0.6 is 0 Å². The number of nitrogens with two attached hydrogens (primary N) is 1. The fourth-order valence-corrected chi connectivity index (χ4v) is 3.88. The Morgan fingerprint density at radius 3 is 2.28 bits per heavy atom. The van der Waals surface area contributed by atoms with Crippen LogP contribution in [0.4, 0.5) is 0 Å². The van der Waals surface area contributed by atoms with E-state index in [2.05, 4.69) is 39.9 Å². The molecule has 0 aromatic carbocycles. The largest absolute Gasteiger partial charge is 0.329 e. The Hall–Kier alpha value is -0.0800. The third kappa shape index (κ3) is 3.48. The molecule has 1 aliphatic rings. The van der Waals surface area contributed by atoms with Gasteiger partial charge in [-0.3, -0.25) is 0 Å². The maximum absolute atomic E-state index is 6.11. The first-order valence-corrected chi connectivity index (χ1v) is 7.92. The van der Waals surface area contributed by atoms with Gasteiger partial charge in [-0.15, -0.1) is 0 Å². The Morgan fingerprint density at radius 2 is 1.83 bits per heavy atom. The molecule has 1 saturated carbocycles. The van der Waals surface area contributed by atoms with Crippen molar-refractivity contribution in [2.75, 3.05) is 13.1 Å². The van der Waals surface area contributed by atoms with Gasteiger partial charge in [0, 0.05) is 12.1 Å². The zero-order chi connectivity index (χ0) is 13.8. The van der Waals surface area contributed by atoms with Crippen LogP contribution in [-0.4, -0.2) is 18.6 Å². The van der Waals surface area contributed by atoms with Crippen molar-refractivity contribution in [2.24, 2.45) is 29.4 Å². The van der Waals surface area contributed by atoms with Crippen LogP contribution in [0, 0.1) is 23.7 Å². The minimum Gasteiger partial charge on any atom is -0.329 e. The molecule has 2 nitrogen and oxygen atoms in total. The summed E-state index contributed by atoms with van der Waals surface area (Å²) in [6, 6.07) is 0. The summed E-state index contributed by atoms with van der Waals surface area (Å²) in [6.45, 7) is 13.6. The van der Waals surface area contributed by atoms with Gasteiger partial charge in [0.05, 0.1) is 0 Å². The van der Waals surface area contributed by atoms with Crippen molar-refractivity contribution in [1.82, 2.24) is 5.32 Å². The van der Waals surface area contributed by atoms with E-state index in [1.807, 2.05) is 0 Å². The SMILES string of the molecule is CCC1CCCC1(CN)NCC(C(C)C)C(C)C. The molecule has 0 aromatic rings. The molecule has 1 fully saturated rings. The summed E-state index contributed by atoms with van der Waals surface area (Å²) in [5.41, 5.74) is 6.34. The Morgan fingerprint density at radius 1 is 1.22 bits per heavy atom. The lowest BCUT2D eigenvalue weighted by molar-refractivity contribution is 0.194. The first-order valence-electron chi connectivity index (χ1n) is 7.92. The minimum absolute atomic E-state index is 0.233. The Kier molecular flexibility index (Phi) is 6.13. The van der Waals surface area contributed by atoms with Gasteiger partial charge in [-0.1, -0.05) is 47.5 Å². The van der Waals surface area contributed by atoms with Gasteiger partial charge in [0.25, 0.3) is 0 Å². The van der Waals surface area contributed by atoms with E-state index in [0.717, 1.165) is 36.8 Å². The summed E-state index contributed by atoms with van der Waals surface area (Å²) in [4.78, 5) is 0. The van der Waals surface area contributed by atoms with Crippen LogP contribution in [0.25, 0.3) is 0 Å². The molecule has 1 aliphatic carbocycles. The lowest BCUT2D eigenvalue weighted by Crippen LogP contribution is -2.55. The standard InChI is InChI=1S/C16H34N2/c1-6-14-8-7-9-16(14,11-17)18-10-15(12(2)3)13(4)5/h12-15,18H,6-11,17H2,1-5H3. The first-order chi connectivity index (χ1) is 8.46. The van der Waals surface area contributed by atoms with Crippen molar-refractivity contribution in [2.45, 2.75) is 65.8 Å². The van der Waals surface area contributed by atoms with E-state index >= 15 is 0 Å². The average molecular weight is 254 g/mol. The molecule has 108 valence electrons. The molecule has 2 atom stereocenters. The predicted molar refractivity (Wildman–Crippen MR) is 80.6 cm³/mol. The van der Waals surface area contributed by atoms with Crippen LogP contribution < -0.4 is 11.1 Å². The summed E-state index contributed by atoms with van der Waals surface area (Å²) >= 11 is 0. The summed E-state index contributed by atoms with van der Waals surface area (Å²) in [6.07, 6.45) is 5.23. The second-order valence-corrected chi connectivity index (χ2v) is 6.89. The molecule has 0 saturated heterocycles. The summed E-state index contributed by atoms with van der Waals surface area (Å²) in [7, 11) is 0. The highest BCUT2D eigenvalue weighted by Gasteiger charge is 2.40. The van der Waals surface area contributed by atoms with Gasteiger partial charge in [0.1, 0.15) is 0 Å². The van der Waals surface area contributed by atoms with Crippen molar-refractivity contribution in [1.29, 1.82) is 0 Å². The van der Waals surface area contributed by atoms with E-state index in [9.17, 15) is 0 Å². The first kappa shape index (κ1) is 16.0. The Labute approximate surface area is 114 Å². The Bertz CT molecular complexity index is 229. The van der Waals surface area contributed by atoms with Crippen LogP contribution in [0.3, 0.4) is 0 Å². The number of nitrogens with one attached hydrogen (secondary N) is 1. The average Bonchev–Trinajstić information content (AvgIpc) is 2.72. The number of hydrogen-bond acceptors (Lipinski definition) is 2. The molecule has 3 N–H and O–H groups in total. The van der Waals surface area contributed by atoms with Crippen LogP contribution in [0.15, 0.2) is 0 Å². The highest BCUT2D eigenvalue weighted by atomic mass is 15.0. The summed E-state index contributed by atoms with van der Waals surface area (Å²) in [5, 5.41) is 3.88. The zero-order valence-corrected chi connectivity index (χ0v) is 13.1. The van der Waals surface area contributed by atoms with Crippen molar-refractivity contribution < 1.29 is 0 Å². The lowest BCUT2D eigenvalue weighted by Gasteiger charge is -2.38. The molecule has 0 aliphatic heterocycles. The van der Waals surface area contributed by atoms with Gasteiger partial charge in [0.2, 0.25) is 0 Å². The second kappa shape index (κ2) is 6.91. The van der Waals surface area contributed by atoms with Crippen LogP contribution in [0.1, 0.15) is 60.3 Å². The van der Waals surface area contributed by atoms with Crippen LogP contribution in [0.5, 0.6) is 0 Å². The molecular formula is C16H34N2. The van der Waals surface area contributed by atoms with E-state index in [1.54, 1.807) is 0 Å². The molecule has 2 unspecified atom stereocenters. The molecule has 0 heterocycles. The fourth-order valence-electron chi connectivity index (χ4n) is 3.88. The monoisotopic (exact) mass is 254 g/mol. The topological polar surface area (TPSA) is 38.0 Å². The molecule has 0 radical (unpaired) electrons. The van der Waals surface area contributed by atoms with E-state index in [-0.39, 0.29) is 5.54 Å². The lowest BCUT2D eigenvalue weighted by atomic mass is 9.81. The van der Waals surface area contributed by atoms with Gasteiger partial charge in [-0.2, -0.15) is 0 Å². The molecular weight excluding hydrogens is 220 g/mol. The summed E-state index contributed by atoms with van der Waals surface area (Å²) < 4.78 is 0. The molecule has 18 heavy (non-hydrogen) atoms. The third-order valence-electron chi connectivity index (χ3n) is 5.22. The smallest absolute Gasteiger partial charge is 0.0332 e. The van der Waals surface area contributed by atoms with Gasteiger partial charge in [-0.05, 0) is 43.1 Å². The molecule has 0 amide bonds. The van der Waals surface area contributed by atoms with Crippen molar-refractivity contribution in [3.63, 3.8) is 0 Å². The third-order valence-corrected chi connectivity index (χ3v) is 5.22. The van der Waals surface area contributed by atoms with Crippen LogP contribution in [-0.2, 0) is 0 Å². The maximum atomic E-state index is 6.11. The van der Waals surface area contributed by atoms with E-state index in [4.69, 9.17) is 5.73 Å². The molecule has 0 aromatic heterocycles. The van der Waals surface area contributed by atoms with Gasteiger partial charge in [-0.25, -0.2) is 0 Å². The fraction of sp³-hybridized carbons (Fsp3) is 1.00. The van der Waals surface area contributed by atoms with E-state index in [0.29, 0.717) is 0 Å². The van der Waals surface area contributed by atoms with Gasteiger partial charge >= 0.3 is 0 Å². The molecule has 0 bridgehead atoms. The minimum atomic E-state index is 0.233. The normalized spacial score (nSPS) is 28.8. The molecule has 1 rings (SSSR count). The molecule has 0 spiro atoms. The van der Waals surface area contributed by atoms with E-state index in [1.165, 1.54) is 25.7 Å². The van der Waals surface area contributed by atoms with Gasteiger partial charge < -0.3 is 11.1 Å². The van der Waals surface area contributed by atoms with Crippen molar-refractivity contribution in [3.05, 3.63) is 0 Å². The predicted octanol–water partition coefficient (Wildman–Crippen LogP) is 3.41. The van der Waals surface area contributed by atoms with Crippen molar-refractivity contribution in [3.8, 4) is 0 Å². The molecule has 2 heteroatoms. The highest BCUT2D eigenvalue weighted by Crippen LogP contribution is 2.37. The Balaban J connectivity index is 2.63. The van der Waals surface area contributed by atoms with Gasteiger partial charge in [0.15, 0.2) is 0 Å². The second-order valence-electron chi connectivity index (χ2n) is 6.89. The van der Waals surface area contributed by atoms with E-state index < -0.39 is 0 Å². The maximum Gasteiger partial charge on any atom is 0.0332 e. The zero-order valence-electron chi connectivity index (χ0n) is 13.1. The summed E-state index contributed by atoms with van der Waals surface area (Å²) in [5.74, 6) is 3.02. The highest BCUT2D eigenvalue weighted by molar-refractivity contribution is 5.00. The van der Waals surface area contributed by atoms with Crippen LogP contribution in [0.2, 0.25) is 0 Å². The number of hydrogen-bond donors (Lipinski definition) is 2.